The second-order valence-electron chi connectivity index (χ2n) is 5.62. The molecule has 0 radical (unpaired) electrons. The van der Waals surface area contributed by atoms with Gasteiger partial charge < -0.3 is 0 Å². The van der Waals surface area contributed by atoms with E-state index in [1.54, 1.807) is 0 Å². The van der Waals surface area contributed by atoms with E-state index in [1.807, 2.05) is 18.3 Å². The first kappa shape index (κ1) is 15.7. The third kappa shape index (κ3) is 4.13. The third-order valence-corrected chi connectivity index (χ3v) is 4.24. The maximum absolute atomic E-state index is 5.87. The lowest BCUT2D eigenvalue weighted by Gasteiger charge is -2.31. The van der Waals surface area contributed by atoms with Crippen LogP contribution in [0.25, 0.3) is 0 Å². The lowest BCUT2D eigenvalue weighted by atomic mass is 9.79. The van der Waals surface area contributed by atoms with Gasteiger partial charge in [-0.1, -0.05) is 56.7 Å². The molecule has 3 unspecified atom stereocenters. The van der Waals surface area contributed by atoms with E-state index in [0.29, 0.717) is 11.8 Å². The minimum atomic E-state index is 0.178. The first-order valence-electron chi connectivity index (χ1n) is 7.67. The molecule has 3 heteroatoms. The van der Waals surface area contributed by atoms with Crippen LogP contribution in [0.2, 0.25) is 0 Å². The number of nitrogens with zero attached hydrogens (tertiary/aromatic N) is 1. The van der Waals surface area contributed by atoms with Gasteiger partial charge in [0.2, 0.25) is 0 Å². The van der Waals surface area contributed by atoms with Gasteiger partial charge in [-0.25, -0.2) is 0 Å². The smallest absolute Gasteiger partial charge is 0.0419 e. The van der Waals surface area contributed by atoms with Crippen LogP contribution in [0.1, 0.15) is 37.4 Å². The predicted molar refractivity (Wildman–Crippen MR) is 87.7 cm³/mol. The molecule has 0 aliphatic rings. The number of rotatable bonds is 7. The first-order chi connectivity index (χ1) is 10.3. The minimum Gasteiger partial charge on any atom is -0.271 e. The van der Waals surface area contributed by atoms with Crippen LogP contribution in [-0.4, -0.2) is 11.0 Å². The van der Waals surface area contributed by atoms with Gasteiger partial charge in [-0.05, 0) is 23.6 Å². The molecule has 3 N–H and O–H groups in total. The molecule has 0 bridgehead atoms. The fraction of sp³-hybridized carbons (Fsp3) is 0.389. The third-order valence-electron chi connectivity index (χ3n) is 4.24. The van der Waals surface area contributed by atoms with Gasteiger partial charge in [0.25, 0.3) is 0 Å². The van der Waals surface area contributed by atoms with Gasteiger partial charge >= 0.3 is 0 Å². The summed E-state index contributed by atoms with van der Waals surface area (Å²) in [4.78, 5) is 4.43. The van der Waals surface area contributed by atoms with Crippen LogP contribution in [0, 0.1) is 5.92 Å². The summed E-state index contributed by atoms with van der Waals surface area (Å²) in [6, 6.07) is 16.8. The number of hydrogen-bond donors (Lipinski definition) is 2. The van der Waals surface area contributed by atoms with Gasteiger partial charge in [0.05, 0.1) is 0 Å². The van der Waals surface area contributed by atoms with Crippen molar-refractivity contribution in [1.29, 1.82) is 0 Å². The quantitative estimate of drug-likeness (QED) is 0.605. The van der Waals surface area contributed by atoms with E-state index in [2.05, 4.69) is 60.7 Å². The Morgan fingerprint density at radius 3 is 2.38 bits per heavy atom. The van der Waals surface area contributed by atoms with Crippen LogP contribution in [-0.2, 0) is 6.42 Å². The van der Waals surface area contributed by atoms with Crippen molar-refractivity contribution in [1.82, 2.24) is 10.4 Å². The molecule has 2 rings (SSSR count). The standard InChI is InChI=1S/C18H25N3/c1-3-14(2)18(15-9-5-4-6-10-15)17(21-19)13-16-11-7-8-12-20-16/h4-12,14,17-18,21H,3,13,19H2,1-2H3. The molecule has 1 heterocycles. The van der Waals surface area contributed by atoms with Gasteiger partial charge in [-0.3, -0.25) is 16.3 Å². The van der Waals surface area contributed by atoms with Gasteiger partial charge in [-0.15, -0.1) is 0 Å². The number of hydrazine groups is 1. The van der Waals surface area contributed by atoms with Gasteiger partial charge in [0.1, 0.15) is 0 Å². The van der Waals surface area contributed by atoms with Gasteiger partial charge in [0, 0.05) is 30.3 Å². The Morgan fingerprint density at radius 2 is 1.81 bits per heavy atom. The van der Waals surface area contributed by atoms with Crippen molar-refractivity contribution >= 4 is 0 Å². The summed E-state index contributed by atoms with van der Waals surface area (Å²) in [7, 11) is 0. The Hall–Kier alpha value is -1.71. The summed E-state index contributed by atoms with van der Waals surface area (Å²) >= 11 is 0. The summed E-state index contributed by atoms with van der Waals surface area (Å²) in [5.41, 5.74) is 5.44. The van der Waals surface area contributed by atoms with Gasteiger partial charge in [0.15, 0.2) is 0 Å². The van der Waals surface area contributed by atoms with Crippen molar-refractivity contribution < 1.29 is 0 Å². The molecular formula is C18H25N3. The van der Waals surface area contributed by atoms with E-state index in [0.717, 1.165) is 18.5 Å². The van der Waals surface area contributed by atoms with Crippen molar-refractivity contribution in [2.24, 2.45) is 11.8 Å². The number of pyridine rings is 1. The minimum absolute atomic E-state index is 0.178. The second-order valence-corrected chi connectivity index (χ2v) is 5.62. The van der Waals surface area contributed by atoms with Crippen LogP contribution in [0.15, 0.2) is 54.7 Å². The van der Waals surface area contributed by atoms with Crippen molar-refractivity contribution in [3.8, 4) is 0 Å². The molecule has 0 spiro atoms. The molecular weight excluding hydrogens is 258 g/mol. The van der Waals surface area contributed by atoms with E-state index >= 15 is 0 Å². The average Bonchev–Trinajstić information content (AvgIpc) is 2.56. The topological polar surface area (TPSA) is 50.9 Å². The SMILES string of the molecule is CCC(C)C(c1ccccc1)C(Cc1ccccn1)NN. The van der Waals surface area contributed by atoms with Gasteiger partial charge in [-0.2, -0.15) is 0 Å². The molecule has 0 aliphatic heterocycles. The van der Waals surface area contributed by atoms with E-state index in [-0.39, 0.29) is 6.04 Å². The molecule has 1 aromatic carbocycles. The highest BCUT2D eigenvalue weighted by atomic mass is 15.2. The highest BCUT2D eigenvalue weighted by Gasteiger charge is 2.27. The summed E-state index contributed by atoms with van der Waals surface area (Å²) in [6.07, 6.45) is 3.80. The summed E-state index contributed by atoms with van der Waals surface area (Å²) in [6.45, 7) is 4.52. The zero-order chi connectivity index (χ0) is 15.1. The maximum atomic E-state index is 5.87. The maximum Gasteiger partial charge on any atom is 0.0419 e. The summed E-state index contributed by atoms with van der Waals surface area (Å²) in [5, 5.41) is 0. The number of benzene rings is 1. The second kappa shape index (κ2) is 7.91. The Bertz CT molecular complexity index is 513. The molecule has 3 nitrogen and oxygen atoms in total. The molecule has 112 valence electrons. The highest BCUT2D eigenvalue weighted by molar-refractivity contribution is 5.23. The average molecular weight is 283 g/mol. The van der Waals surface area contributed by atoms with Crippen LogP contribution < -0.4 is 11.3 Å². The molecule has 0 aliphatic carbocycles. The van der Waals surface area contributed by atoms with E-state index in [1.165, 1.54) is 5.56 Å². The Morgan fingerprint density at radius 1 is 1.10 bits per heavy atom. The molecule has 0 amide bonds. The predicted octanol–water partition coefficient (Wildman–Crippen LogP) is 3.29. The number of nitrogens with two attached hydrogens (primary N) is 1. The van der Waals surface area contributed by atoms with Crippen molar-refractivity contribution in [3.05, 3.63) is 66.0 Å². The fourth-order valence-corrected chi connectivity index (χ4v) is 2.92. The molecule has 21 heavy (non-hydrogen) atoms. The van der Waals surface area contributed by atoms with E-state index in [9.17, 15) is 0 Å². The van der Waals surface area contributed by atoms with E-state index < -0.39 is 0 Å². The van der Waals surface area contributed by atoms with Crippen molar-refractivity contribution in [2.45, 2.75) is 38.6 Å². The largest absolute Gasteiger partial charge is 0.271 e. The Kier molecular flexibility index (Phi) is 5.90. The summed E-state index contributed by atoms with van der Waals surface area (Å²) < 4.78 is 0. The lowest BCUT2D eigenvalue weighted by molar-refractivity contribution is 0.334. The first-order valence-corrected chi connectivity index (χ1v) is 7.67. The zero-order valence-electron chi connectivity index (χ0n) is 12.9. The fourth-order valence-electron chi connectivity index (χ4n) is 2.92. The Labute approximate surface area is 127 Å². The summed E-state index contributed by atoms with van der Waals surface area (Å²) in [5.74, 6) is 6.80. The molecule has 1 aromatic heterocycles. The number of hydrogen-bond acceptors (Lipinski definition) is 3. The molecule has 0 fully saturated rings. The van der Waals surface area contributed by atoms with E-state index in [4.69, 9.17) is 5.84 Å². The monoisotopic (exact) mass is 283 g/mol. The normalized spacial score (nSPS) is 15.4. The van der Waals surface area contributed by atoms with Crippen LogP contribution in [0.3, 0.4) is 0 Å². The lowest BCUT2D eigenvalue weighted by Crippen LogP contribution is -2.43. The number of nitrogens with one attached hydrogen (secondary N) is 1. The van der Waals surface area contributed by atoms with Crippen molar-refractivity contribution in [3.63, 3.8) is 0 Å². The van der Waals surface area contributed by atoms with Crippen LogP contribution in [0.5, 0.6) is 0 Å². The number of aromatic nitrogens is 1. The van der Waals surface area contributed by atoms with Crippen molar-refractivity contribution in [2.75, 3.05) is 0 Å². The molecule has 2 aromatic rings. The highest BCUT2D eigenvalue weighted by Crippen LogP contribution is 2.31. The molecule has 0 saturated heterocycles. The van der Waals surface area contributed by atoms with Crippen LogP contribution >= 0.6 is 0 Å². The van der Waals surface area contributed by atoms with Crippen LogP contribution in [0.4, 0.5) is 0 Å². The Balaban J connectivity index is 2.25. The zero-order valence-corrected chi connectivity index (χ0v) is 12.9. The molecule has 3 atom stereocenters. The molecule has 0 saturated carbocycles.